The number of rotatable bonds is 4. The van der Waals surface area contributed by atoms with E-state index in [9.17, 15) is 0 Å². The predicted octanol–water partition coefficient (Wildman–Crippen LogP) is 3.29. The molecule has 1 N–H and O–H groups in total. The van der Waals surface area contributed by atoms with Crippen LogP contribution >= 0.6 is 22.9 Å². The van der Waals surface area contributed by atoms with Gasteiger partial charge in [-0.3, -0.25) is 4.90 Å². The van der Waals surface area contributed by atoms with E-state index in [1.54, 1.807) is 11.3 Å². The topological polar surface area (TPSA) is 28.2 Å². The fourth-order valence-corrected chi connectivity index (χ4v) is 3.84. The van der Waals surface area contributed by atoms with Gasteiger partial charge in [-0.1, -0.05) is 23.7 Å². The van der Waals surface area contributed by atoms with Gasteiger partial charge in [0.05, 0.1) is 11.2 Å². The Morgan fingerprint density at radius 2 is 2.38 bits per heavy atom. The van der Waals surface area contributed by atoms with Gasteiger partial charge in [0.1, 0.15) is 0 Å². The van der Waals surface area contributed by atoms with Gasteiger partial charge in [0.2, 0.25) is 0 Å². The van der Waals surface area contributed by atoms with E-state index in [0.29, 0.717) is 6.04 Å². The minimum Gasteiger partial charge on any atom is -0.314 e. The van der Waals surface area contributed by atoms with Crippen LogP contribution < -0.4 is 5.32 Å². The normalized spacial score (nSPS) is 19.8. The van der Waals surface area contributed by atoms with Gasteiger partial charge in [-0.2, -0.15) is 0 Å². The average molecular weight is 322 g/mol. The molecule has 1 aromatic heterocycles. The fourth-order valence-electron chi connectivity index (χ4n) is 2.87. The monoisotopic (exact) mass is 321 g/mol. The lowest BCUT2D eigenvalue weighted by Crippen LogP contribution is -2.46. The number of nitrogens with zero attached hydrogens (tertiary/aromatic N) is 2. The van der Waals surface area contributed by atoms with E-state index in [-0.39, 0.29) is 0 Å². The van der Waals surface area contributed by atoms with Crippen LogP contribution in [0.3, 0.4) is 0 Å². The van der Waals surface area contributed by atoms with E-state index in [4.69, 9.17) is 11.6 Å². The molecule has 3 rings (SSSR count). The largest absolute Gasteiger partial charge is 0.314 e. The first-order valence-electron chi connectivity index (χ1n) is 7.33. The highest BCUT2D eigenvalue weighted by Gasteiger charge is 2.23. The Bertz CT molecular complexity index is 599. The highest BCUT2D eigenvalue weighted by atomic mass is 35.5. The first-order chi connectivity index (χ1) is 10.2. The van der Waals surface area contributed by atoms with Gasteiger partial charge in [-0.15, -0.1) is 11.3 Å². The van der Waals surface area contributed by atoms with Gasteiger partial charge in [0, 0.05) is 42.1 Å². The molecule has 2 aromatic rings. The minimum atomic E-state index is 0.408. The summed E-state index contributed by atoms with van der Waals surface area (Å²) < 4.78 is 0. The fraction of sp³-hybridized carbons (Fsp3) is 0.438. The zero-order valence-corrected chi connectivity index (χ0v) is 13.8. The Labute approximate surface area is 135 Å². The van der Waals surface area contributed by atoms with Crippen LogP contribution in [-0.4, -0.2) is 36.1 Å². The second-order valence-electron chi connectivity index (χ2n) is 5.42. The summed E-state index contributed by atoms with van der Waals surface area (Å²) >= 11 is 7.91. The number of nitrogens with one attached hydrogen (secondary N) is 1. The van der Waals surface area contributed by atoms with Crippen LogP contribution in [-0.2, 0) is 6.42 Å². The van der Waals surface area contributed by atoms with Crippen LogP contribution in [0.2, 0.25) is 5.02 Å². The Morgan fingerprint density at radius 3 is 3.14 bits per heavy atom. The molecule has 1 atom stereocenters. The van der Waals surface area contributed by atoms with E-state index in [1.807, 2.05) is 17.6 Å². The zero-order chi connectivity index (χ0) is 14.7. The maximum atomic E-state index is 6.15. The Morgan fingerprint density at radius 1 is 1.48 bits per heavy atom. The molecule has 21 heavy (non-hydrogen) atoms. The van der Waals surface area contributed by atoms with E-state index in [1.165, 1.54) is 16.1 Å². The highest BCUT2D eigenvalue weighted by Crippen LogP contribution is 2.25. The van der Waals surface area contributed by atoms with Crippen molar-refractivity contribution in [3.8, 4) is 0 Å². The van der Waals surface area contributed by atoms with Crippen LogP contribution in [0.1, 0.15) is 22.2 Å². The summed E-state index contributed by atoms with van der Waals surface area (Å²) in [5.74, 6) is 0. The van der Waals surface area contributed by atoms with Gasteiger partial charge < -0.3 is 5.32 Å². The van der Waals surface area contributed by atoms with E-state index < -0.39 is 0 Å². The molecule has 2 heterocycles. The smallest absolute Gasteiger partial charge is 0.0797 e. The molecule has 112 valence electrons. The second kappa shape index (κ2) is 6.88. The van der Waals surface area contributed by atoms with Crippen molar-refractivity contribution in [2.75, 3.05) is 26.2 Å². The zero-order valence-electron chi connectivity index (χ0n) is 12.2. The molecule has 0 saturated carbocycles. The molecule has 1 aliphatic heterocycles. The Hall–Kier alpha value is -0.940. The molecule has 0 radical (unpaired) electrons. The quantitative estimate of drug-likeness (QED) is 0.936. The third-order valence-electron chi connectivity index (χ3n) is 4.06. The summed E-state index contributed by atoms with van der Waals surface area (Å²) in [7, 11) is 0. The number of aromatic nitrogens is 1. The van der Waals surface area contributed by atoms with Gasteiger partial charge >= 0.3 is 0 Å². The first-order valence-corrected chi connectivity index (χ1v) is 8.59. The number of halogens is 1. The number of hydrogen-bond donors (Lipinski definition) is 1. The van der Waals surface area contributed by atoms with Crippen LogP contribution in [0.4, 0.5) is 0 Å². The SMILES string of the molecule is Cc1ncsc1CCN1CCNCC1c1cccc(Cl)c1. The lowest BCUT2D eigenvalue weighted by molar-refractivity contribution is 0.164. The number of piperazine rings is 1. The first kappa shape index (κ1) is 15.0. The molecule has 0 bridgehead atoms. The Kier molecular flexibility index (Phi) is 4.91. The maximum Gasteiger partial charge on any atom is 0.0797 e. The van der Waals surface area contributed by atoms with Crippen molar-refractivity contribution in [2.24, 2.45) is 0 Å². The molecular weight excluding hydrogens is 302 g/mol. The molecule has 5 heteroatoms. The molecule has 1 unspecified atom stereocenters. The number of benzene rings is 1. The van der Waals surface area contributed by atoms with Crippen molar-refractivity contribution in [1.29, 1.82) is 0 Å². The summed E-state index contributed by atoms with van der Waals surface area (Å²) in [6.07, 6.45) is 1.08. The molecule has 3 nitrogen and oxygen atoms in total. The van der Waals surface area contributed by atoms with Gasteiger partial charge in [0.25, 0.3) is 0 Å². The number of aryl methyl sites for hydroxylation is 1. The lowest BCUT2D eigenvalue weighted by atomic mass is 10.0. The summed E-state index contributed by atoms with van der Waals surface area (Å²) in [4.78, 5) is 8.30. The molecule has 0 amide bonds. The molecular formula is C16H20ClN3S. The molecule has 0 spiro atoms. The molecule has 0 aliphatic carbocycles. The molecule has 1 aromatic carbocycles. The van der Waals surface area contributed by atoms with E-state index in [0.717, 1.165) is 37.6 Å². The van der Waals surface area contributed by atoms with Gasteiger partial charge in [-0.05, 0) is 31.0 Å². The van der Waals surface area contributed by atoms with E-state index in [2.05, 4.69) is 34.3 Å². The van der Waals surface area contributed by atoms with E-state index >= 15 is 0 Å². The second-order valence-corrected chi connectivity index (χ2v) is 6.80. The summed E-state index contributed by atoms with van der Waals surface area (Å²) in [6.45, 7) is 6.29. The summed E-state index contributed by atoms with van der Waals surface area (Å²) in [6, 6.07) is 8.65. The van der Waals surface area contributed by atoms with Crippen molar-refractivity contribution < 1.29 is 0 Å². The lowest BCUT2D eigenvalue weighted by Gasteiger charge is -2.36. The van der Waals surface area contributed by atoms with Gasteiger partial charge in [-0.25, -0.2) is 4.98 Å². The van der Waals surface area contributed by atoms with Crippen molar-refractivity contribution in [1.82, 2.24) is 15.2 Å². The van der Waals surface area contributed by atoms with Crippen molar-refractivity contribution in [2.45, 2.75) is 19.4 Å². The van der Waals surface area contributed by atoms with Crippen LogP contribution in [0.5, 0.6) is 0 Å². The highest BCUT2D eigenvalue weighted by molar-refractivity contribution is 7.09. The molecule has 1 saturated heterocycles. The average Bonchev–Trinajstić information content (AvgIpc) is 2.91. The molecule has 1 fully saturated rings. The number of hydrogen-bond acceptors (Lipinski definition) is 4. The van der Waals surface area contributed by atoms with Crippen molar-refractivity contribution >= 4 is 22.9 Å². The van der Waals surface area contributed by atoms with Crippen LogP contribution in [0, 0.1) is 6.92 Å². The van der Waals surface area contributed by atoms with Crippen molar-refractivity contribution in [3.63, 3.8) is 0 Å². The van der Waals surface area contributed by atoms with Crippen LogP contribution in [0.15, 0.2) is 29.8 Å². The number of thiazole rings is 1. The third kappa shape index (κ3) is 3.64. The third-order valence-corrected chi connectivity index (χ3v) is 5.29. The van der Waals surface area contributed by atoms with Crippen LogP contribution in [0.25, 0.3) is 0 Å². The summed E-state index contributed by atoms with van der Waals surface area (Å²) in [5, 5.41) is 4.31. The standard InChI is InChI=1S/C16H20ClN3S/c1-12-16(21-11-19-12)5-7-20-8-6-18-10-15(20)13-3-2-4-14(17)9-13/h2-4,9,11,15,18H,5-8,10H2,1H3. The minimum absolute atomic E-state index is 0.408. The predicted molar refractivity (Wildman–Crippen MR) is 89.2 cm³/mol. The molecule has 1 aliphatic rings. The van der Waals surface area contributed by atoms with Gasteiger partial charge in [0.15, 0.2) is 0 Å². The van der Waals surface area contributed by atoms with Crippen molar-refractivity contribution in [3.05, 3.63) is 50.9 Å². The maximum absolute atomic E-state index is 6.15. The summed E-state index contributed by atoms with van der Waals surface area (Å²) in [5.41, 5.74) is 4.42. The Balaban J connectivity index is 1.71.